The average molecular weight is 283 g/mol. The van der Waals surface area contributed by atoms with Crippen molar-refractivity contribution in [3.05, 3.63) is 66.2 Å². The zero-order chi connectivity index (χ0) is 14.9. The van der Waals surface area contributed by atoms with E-state index < -0.39 is 0 Å². The standard InChI is InChI=1S/C18H21NO2/c1-19(15-16-9-4-2-5-10-16)18(20)13-8-14-21-17-11-6-3-7-12-17/h2-7,9-12H,8,13-15H2,1H3. The lowest BCUT2D eigenvalue weighted by Gasteiger charge is -2.17. The molecule has 2 aromatic carbocycles. The summed E-state index contributed by atoms with van der Waals surface area (Å²) in [5.41, 5.74) is 1.15. The van der Waals surface area contributed by atoms with Gasteiger partial charge in [-0.15, -0.1) is 0 Å². The molecule has 0 saturated heterocycles. The molecular formula is C18H21NO2. The molecule has 0 radical (unpaired) electrons. The Kier molecular flexibility index (Phi) is 5.83. The van der Waals surface area contributed by atoms with Crippen LogP contribution in [0.15, 0.2) is 60.7 Å². The third-order valence-corrected chi connectivity index (χ3v) is 3.24. The molecule has 0 aliphatic carbocycles. The number of amides is 1. The Labute approximate surface area is 126 Å². The summed E-state index contributed by atoms with van der Waals surface area (Å²) in [6.07, 6.45) is 1.24. The quantitative estimate of drug-likeness (QED) is 0.728. The molecule has 21 heavy (non-hydrogen) atoms. The van der Waals surface area contributed by atoms with Crippen LogP contribution in [0.25, 0.3) is 0 Å². The van der Waals surface area contributed by atoms with Crippen LogP contribution in [0, 0.1) is 0 Å². The van der Waals surface area contributed by atoms with Crippen LogP contribution in [0.5, 0.6) is 5.75 Å². The molecule has 0 aliphatic rings. The molecule has 3 heteroatoms. The van der Waals surface area contributed by atoms with Gasteiger partial charge in [-0.2, -0.15) is 0 Å². The molecule has 0 atom stereocenters. The first kappa shape index (κ1) is 15.1. The van der Waals surface area contributed by atoms with E-state index in [2.05, 4.69) is 0 Å². The molecule has 2 aromatic rings. The second-order valence-electron chi connectivity index (χ2n) is 5.00. The molecule has 0 heterocycles. The maximum atomic E-state index is 12.0. The molecule has 1 amide bonds. The molecular weight excluding hydrogens is 262 g/mol. The smallest absolute Gasteiger partial charge is 0.222 e. The van der Waals surface area contributed by atoms with Crippen molar-refractivity contribution in [1.29, 1.82) is 0 Å². The largest absolute Gasteiger partial charge is 0.494 e. The van der Waals surface area contributed by atoms with Crippen LogP contribution >= 0.6 is 0 Å². The predicted octanol–water partition coefficient (Wildman–Crippen LogP) is 3.50. The Balaban J connectivity index is 1.67. The molecule has 2 rings (SSSR count). The number of benzene rings is 2. The molecule has 0 saturated carbocycles. The summed E-state index contributed by atoms with van der Waals surface area (Å²) in [6.45, 7) is 1.22. The van der Waals surface area contributed by atoms with Crippen LogP contribution in [0.2, 0.25) is 0 Å². The number of hydrogen-bond donors (Lipinski definition) is 0. The van der Waals surface area contributed by atoms with Crippen LogP contribution < -0.4 is 4.74 Å². The molecule has 0 N–H and O–H groups in total. The molecule has 0 spiro atoms. The number of nitrogens with zero attached hydrogens (tertiary/aromatic N) is 1. The maximum Gasteiger partial charge on any atom is 0.222 e. The molecule has 0 unspecified atom stereocenters. The van der Waals surface area contributed by atoms with Crippen molar-refractivity contribution in [2.45, 2.75) is 19.4 Å². The monoisotopic (exact) mass is 283 g/mol. The Morgan fingerprint density at radius 1 is 1.00 bits per heavy atom. The average Bonchev–Trinajstić information content (AvgIpc) is 2.53. The zero-order valence-electron chi connectivity index (χ0n) is 12.4. The molecule has 110 valence electrons. The normalized spacial score (nSPS) is 10.1. The fourth-order valence-corrected chi connectivity index (χ4v) is 2.07. The van der Waals surface area contributed by atoms with E-state index in [9.17, 15) is 4.79 Å². The SMILES string of the molecule is CN(Cc1ccccc1)C(=O)CCCOc1ccccc1. The Morgan fingerprint density at radius 3 is 2.29 bits per heavy atom. The van der Waals surface area contributed by atoms with Crippen LogP contribution in [-0.4, -0.2) is 24.5 Å². The van der Waals surface area contributed by atoms with Gasteiger partial charge in [-0.25, -0.2) is 0 Å². The number of rotatable bonds is 7. The summed E-state index contributed by atoms with van der Waals surface area (Å²) < 4.78 is 5.58. The zero-order valence-corrected chi connectivity index (χ0v) is 12.4. The minimum atomic E-state index is 0.149. The number of carbonyl (C=O) groups excluding carboxylic acids is 1. The molecule has 0 aromatic heterocycles. The highest BCUT2D eigenvalue weighted by Gasteiger charge is 2.08. The number of carbonyl (C=O) groups is 1. The van der Waals surface area contributed by atoms with Gasteiger partial charge < -0.3 is 9.64 Å². The first-order valence-electron chi connectivity index (χ1n) is 7.21. The fourth-order valence-electron chi connectivity index (χ4n) is 2.07. The van der Waals surface area contributed by atoms with Crippen molar-refractivity contribution in [2.24, 2.45) is 0 Å². The van der Waals surface area contributed by atoms with E-state index in [1.807, 2.05) is 67.7 Å². The van der Waals surface area contributed by atoms with Crippen molar-refractivity contribution in [2.75, 3.05) is 13.7 Å². The van der Waals surface area contributed by atoms with Crippen molar-refractivity contribution < 1.29 is 9.53 Å². The first-order chi connectivity index (χ1) is 10.3. The van der Waals surface area contributed by atoms with Crippen LogP contribution in [0.3, 0.4) is 0 Å². The Bertz CT molecular complexity index is 540. The molecule has 3 nitrogen and oxygen atoms in total. The maximum absolute atomic E-state index is 12.0. The second-order valence-corrected chi connectivity index (χ2v) is 5.00. The van der Waals surface area contributed by atoms with Crippen LogP contribution in [-0.2, 0) is 11.3 Å². The number of para-hydroxylation sites is 1. The minimum Gasteiger partial charge on any atom is -0.494 e. The van der Waals surface area contributed by atoms with Gasteiger partial charge in [0.15, 0.2) is 0 Å². The molecule has 0 fully saturated rings. The lowest BCUT2D eigenvalue weighted by molar-refractivity contribution is -0.130. The molecule has 0 aliphatic heterocycles. The van der Waals surface area contributed by atoms with E-state index in [4.69, 9.17) is 4.74 Å². The highest BCUT2D eigenvalue weighted by atomic mass is 16.5. The summed E-state index contributed by atoms with van der Waals surface area (Å²) in [6, 6.07) is 19.7. The van der Waals surface area contributed by atoms with E-state index >= 15 is 0 Å². The summed E-state index contributed by atoms with van der Waals surface area (Å²) in [5.74, 6) is 0.998. The van der Waals surface area contributed by atoms with Gasteiger partial charge in [0.1, 0.15) is 5.75 Å². The summed E-state index contributed by atoms with van der Waals surface area (Å²) >= 11 is 0. The van der Waals surface area contributed by atoms with Gasteiger partial charge in [0.05, 0.1) is 6.61 Å². The van der Waals surface area contributed by atoms with Gasteiger partial charge >= 0.3 is 0 Å². The van der Waals surface area contributed by atoms with Crippen LogP contribution in [0.1, 0.15) is 18.4 Å². The van der Waals surface area contributed by atoms with Crippen LogP contribution in [0.4, 0.5) is 0 Å². The van der Waals surface area contributed by atoms with Crippen molar-refractivity contribution in [1.82, 2.24) is 4.90 Å². The fraction of sp³-hybridized carbons (Fsp3) is 0.278. The van der Waals surface area contributed by atoms with Crippen molar-refractivity contribution in [3.63, 3.8) is 0 Å². The van der Waals surface area contributed by atoms with Crippen molar-refractivity contribution in [3.8, 4) is 5.75 Å². The number of ether oxygens (including phenoxy) is 1. The topological polar surface area (TPSA) is 29.5 Å². The highest BCUT2D eigenvalue weighted by molar-refractivity contribution is 5.75. The highest BCUT2D eigenvalue weighted by Crippen LogP contribution is 2.09. The lowest BCUT2D eigenvalue weighted by atomic mass is 10.2. The second kappa shape index (κ2) is 8.10. The van der Waals surface area contributed by atoms with E-state index in [0.717, 1.165) is 17.7 Å². The summed E-state index contributed by atoms with van der Waals surface area (Å²) in [5, 5.41) is 0. The predicted molar refractivity (Wildman–Crippen MR) is 84.1 cm³/mol. The first-order valence-corrected chi connectivity index (χ1v) is 7.21. The van der Waals surface area contributed by atoms with E-state index in [-0.39, 0.29) is 5.91 Å². The third-order valence-electron chi connectivity index (χ3n) is 3.24. The number of hydrogen-bond acceptors (Lipinski definition) is 2. The summed E-state index contributed by atoms with van der Waals surface area (Å²) in [4.78, 5) is 13.8. The Morgan fingerprint density at radius 2 is 1.62 bits per heavy atom. The Hall–Kier alpha value is -2.29. The lowest BCUT2D eigenvalue weighted by Crippen LogP contribution is -2.26. The van der Waals surface area contributed by atoms with Gasteiger partial charge in [-0.3, -0.25) is 4.79 Å². The third kappa shape index (κ3) is 5.30. The van der Waals surface area contributed by atoms with Gasteiger partial charge in [0, 0.05) is 20.0 Å². The minimum absolute atomic E-state index is 0.149. The van der Waals surface area contributed by atoms with Gasteiger partial charge in [0.2, 0.25) is 5.91 Å². The van der Waals surface area contributed by atoms with Gasteiger partial charge in [-0.05, 0) is 24.1 Å². The van der Waals surface area contributed by atoms with E-state index in [1.54, 1.807) is 4.90 Å². The van der Waals surface area contributed by atoms with Crippen molar-refractivity contribution >= 4 is 5.91 Å². The summed E-state index contributed by atoms with van der Waals surface area (Å²) in [7, 11) is 1.84. The molecule has 0 bridgehead atoms. The van der Waals surface area contributed by atoms with Gasteiger partial charge in [0.25, 0.3) is 0 Å². The van der Waals surface area contributed by atoms with Gasteiger partial charge in [-0.1, -0.05) is 48.5 Å². The van der Waals surface area contributed by atoms with E-state index in [1.165, 1.54) is 0 Å². The van der Waals surface area contributed by atoms with E-state index in [0.29, 0.717) is 19.6 Å².